The van der Waals surface area contributed by atoms with Gasteiger partial charge in [-0.3, -0.25) is 11.7 Å². The molecule has 3 aliphatic carbocycles. The molecule has 178 valence electrons. The Morgan fingerprint density at radius 3 is 2.55 bits per heavy atom. The molecular formula is C31H44N2. The number of benzene rings is 1. The summed E-state index contributed by atoms with van der Waals surface area (Å²) in [5.41, 5.74) is 8.21. The SMILES string of the molecule is C=C/C(=C\C=C/C)C1=CCCC(CC)=C1.CC.Cc1cccc(C2=CC3CC3C=C2)c1.NN. The van der Waals surface area contributed by atoms with Crippen LogP contribution < -0.4 is 11.7 Å². The van der Waals surface area contributed by atoms with Gasteiger partial charge < -0.3 is 0 Å². The maximum Gasteiger partial charge on any atom is -0.0155 e. The van der Waals surface area contributed by atoms with Crippen LogP contribution in [0.15, 0.2) is 102 Å². The van der Waals surface area contributed by atoms with E-state index in [1.807, 2.05) is 32.9 Å². The molecule has 0 spiro atoms. The minimum Gasteiger partial charge on any atom is -0.274 e. The van der Waals surface area contributed by atoms with Gasteiger partial charge >= 0.3 is 0 Å². The summed E-state index contributed by atoms with van der Waals surface area (Å²) in [5, 5.41) is 0. The van der Waals surface area contributed by atoms with Crippen molar-refractivity contribution >= 4 is 5.57 Å². The van der Waals surface area contributed by atoms with Crippen LogP contribution >= 0.6 is 0 Å². The lowest BCUT2D eigenvalue weighted by Crippen LogP contribution is -2.02. The highest BCUT2D eigenvalue weighted by Gasteiger charge is 2.34. The second-order valence-corrected chi connectivity index (χ2v) is 8.12. The van der Waals surface area contributed by atoms with Crippen molar-refractivity contribution in [2.75, 3.05) is 0 Å². The first-order valence-electron chi connectivity index (χ1n) is 12.3. The molecular weight excluding hydrogens is 400 g/mol. The molecule has 2 unspecified atom stereocenters. The van der Waals surface area contributed by atoms with E-state index < -0.39 is 0 Å². The molecule has 0 saturated heterocycles. The third-order valence-corrected chi connectivity index (χ3v) is 5.82. The van der Waals surface area contributed by atoms with E-state index in [0.29, 0.717) is 0 Å². The molecule has 4 N–H and O–H groups in total. The van der Waals surface area contributed by atoms with Gasteiger partial charge in [-0.2, -0.15) is 0 Å². The lowest BCUT2D eigenvalue weighted by atomic mass is 9.93. The number of rotatable bonds is 5. The molecule has 1 saturated carbocycles. The van der Waals surface area contributed by atoms with Gasteiger partial charge in [0, 0.05) is 0 Å². The fourth-order valence-corrected chi connectivity index (χ4v) is 3.91. The van der Waals surface area contributed by atoms with Gasteiger partial charge in [0.1, 0.15) is 0 Å². The van der Waals surface area contributed by atoms with Crippen LogP contribution in [0.1, 0.15) is 64.5 Å². The highest BCUT2D eigenvalue weighted by atomic mass is 15.0. The Labute approximate surface area is 202 Å². The first-order valence-corrected chi connectivity index (χ1v) is 12.3. The van der Waals surface area contributed by atoms with Crippen LogP contribution in [0.4, 0.5) is 0 Å². The van der Waals surface area contributed by atoms with E-state index in [9.17, 15) is 0 Å². The van der Waals surface area contributed by atoms with E-state index in [4.69, 9.17) is 0 Å². The Morgan fingerprint density at radius 2 is 1.94 bits per heavy atom. The smallest absolute Gasteiger partial charge is 0.0155 e. The van der Waals surface area contributed by atoms with Crippen molar-refractivity contribution in [1.82, 2.24) is 0 Å². The lowest BCUT2D eigenvalue weighted by molar-refractivity contribution is 0.886. The Kier molecular flexibility index (Phi) is 13.8. The van der Waals surface area contributed by atoms with Crippen molar-refractivity contribution in [2.45, 2.75) is 60.3 Å². The van der Waals surface area contributed by atoms with E-state index in [0.717, 1.165) is 24.7 Å². The zero-order valence-corrected chi connectivity index (χ0v) is 21.4. The third-order valence-electron chi connectivity index (χ3n) is 5.82. The van der Waals surface area contributed by atoms with Crippen LogP contribution in [-0.4, -0.2) is 0 Å². The van der Waals surface area contributed by atoms with E-state index in [2.05, 4.69) is 98.9 Å². The van der Waals surface area contributed by atoms with Crippen molar-refractivity contribution in [3.05, 3.63) is 113 Å². The summed E-state index contributed by atoms with van der Waals surface area (Å²) in [6.07, 6.45) is 24.7. The van der Waals surface area contributed by atoms with Crippen LogP contribution in [0, 0.1) is 18.8 Å². The molecule has 2 heteroatoms. The number of fused-ring (bicyclic) bond motifs is 1. The zero-order valence-electron chi connectivity index (χ0n) is 21.4. The number of nitrogens with two attached hydrogens (primary N) is 2. The summed E-state index contributed by atoms with van der Waals surface area (Å²) in [6.45, 7) is 14.3. The Balaban J connectivity index is 0.000000287. The summed E-state index contributed by atoms with van der Waals surface area (Å²) in [5.74, 6) is 9.71. The Hall–Kier alpha value is -2.68. The van der Waals surface area contributed by atoms with E-state index in [-0.39, 0.29) is 0 Å². The molecule has 1 aromatic rings. The summed E-state index contributed by atoms with van der Waals surface area (Å²) >= 11 is 0. The third kappa shape index (κ3) is 9.37. The molecule has 4 rings (SSSR count). The van der Waals surface area contributed by atoms with Crippen molar-refractivity contribution < 1.29 is 0 Å². The normalized spacial score (nSPS) is 20.3. The fourth-order valence-electron chi connectivity index (χ4n) is 3.91. The van der Waals surface area contributed by atoms with E-state index in [1.165, 1.54) is 40.7 Å². The van der Waals surface area contributed by atoms with Gasteiger partial charge in [-0.1, -0.05) is 117 Å². The largest absolute Gasteiger partial charge is 0.274 e. The van der Waals surface area contributed by atoms with Crippen molar-refractivity contribution in [1.29, 1.82) is 0 Å². The lowest BCUT2D eigenvalue weighted by Gasteiger charge is -2.13. The average Bonchev–Trinajstić information content (AvgIpc) is 3.67. The molecule has 3 aliphatic rings. The second-order valence-electron chi connectivity index (χ2n) is 8.12. The highest BCUT2D eigenvalue weighted by Crippen LogP contribution is 2.45. The van der Waals surface area contributed by atoms with Crippen LogP contribution in [0.5, 0.6) is 0 Å². The van der Waals surface area contributed by atoms with E-state index in [1.54, 1.807) is 5.57 Å². The standard InChI is InChI=1S/C15H20.C14H14.C2H6.H4N2/c1-4-7-10-14(6-3)15-11-8-9-13(5-2)12-15;1-10-3-2-4-11(7-10)12-5-6-13-9-14(13)8-12;2*1-2/h4,6-7,10-12H,3,5,8-9H2,1-2H3;2-8,13-14H,9H2,1H3;1-2H3;1-2H2/b7-4-,14-10+;;;. The zero-order chi connectivity index (χ0) is 24.6. The molecule has 0 amide bonds. The number of aryl methyl sites for hydroxylation is 1. The van der Waals surface area contributed by atoms with Crippen LogP contribution in [0.2, 0.25) is 0 Å². The van der Waals surface area contributed by atoms with Gasteiger partial charge in [0.05, 0.1) is 0 Å². The van der Waals surface area contributed by atoms with Crippen molar-refractivity contribution in [2.24, 2.45) is 23.5 Å². The van der Waals surface area contributed by atoms with Crippen LogP contribution in [0.25, 0.3) is 5.57 Å². The molecule has 1 fully saturated rings. The van der Waals surface area contributed by atoms with Gasteiger partial charge in [0.2, 0.25) is 0 Å². The monoisotopic (exact) mass is 444 g/mol. The molecule has 0 radical (unpaired) electrons. The molecule has 0 bridgehead atoms. The summed E-state index contributed by atoms with van der Waals surface area (Å²) in [7, 11) is 0. The highest BCUT2D eigenvalue weighted by molar-refractivity contribution is 5.76. The van der Waals surface area contributed by atoms with Crippen molar-refractivity contribution in [3.8, 4) is 0 Å². The number of hydrogen-bond acceptors (Lipinski definition) is 2. The molecule has 33 heavy (non-hydrogen) atoms. The topological polar surface area (TPSA) is 52.0 Å². The van der Waals surface area contributed by atoms with Crippen molar-refractivity contribution in [3.63, 3.8) is 0 Å². The summed E-state index contributed by atoms with van der Waals surface area (Å²) in [4.78, 5) is 0. The molecule has 2 nitrogen and oxygen atoms in total. The molecule has 2 atom stereocenters. The minimum atomic E-state index is 0.843. The molecule has 1 aromatic carbocycles. The minimum absolute atomic E-state index is 0.843. The maximum absolute atomic E-state index is 4.00. The Bertz CT molecular complexity index is 922. The average molecular weight is 445 g/mol. The molecule has 0 aromatic heterocycles. The quantitative estimate of drug-likeness (QED) is 0.273. The van der Waals surface area contributed by atoms with Gasteiger partial charge in [-0.15, -0.1) is 0 Å². The van der Waals surface area contributed by atoms with Gasteiger partial charge in [-0.05, 0) is 73.6 Å². The summed E-state index contributed by atoms with van der Waals surface area (Å²) in [6, 6.07) is 8.75. The second kappa shape index (κ2) is 16.0. The van der Waals surface area contributed by atoms with Gasteiger partial charge in [0.25, 0.3) is 0 Å². The number of hydrogen-bond donors (Lipinski definition) is 2. The number of allylic oxidation sites excluding steroid dienone is 13. The van der Waals surface area contributed by atoms with Gasteiger partial charge in [-0.25, -0.2) is 0 Å². The first kappa shape index (κ1) is 28.4. The summed E-state index contributed by atoms with van der Waals surface area (Å²) < 4.78 is 0. The van der Waals surface area contributed by atoms with Crippen LogP contribution in [0.3, 0.4) is 0 Å². The van der Waals surface area contributed by atoms with E-state index >= 15 is 0 Å². The number of hydrazine groups is 1. The Morgan fingerprint density at radius 1 is 1.18 bits per heavy atom. The predicted octanol–water partition coefficient (Wildman–Crippen LogP) is 8.16. The first-order chi connectivity index (χ1) is 16.1. The molecule has 0 aliphatic heterocycles. The fraction of sp³-hybridized carbons (Fsp3) is 0.355. The maximum atomic E-state index is 4.00. The van der Waals surface area contributed by atoms with Crippen LogP contribution in [-0.2, 0) is 0 Å². The van der Waals surface area contributed by atoms with Gasteiger partial charge in [0.15, 0.2) is 0 Å². The molecule has 0 heterocycles. The predicted molar refractivity (Wildman–Crippen MR) is 148 cm³/mol.